The van der Waals surface area contributed by atoms with Gasteiger partial charge in [-0.05, 0) is 60.0 Å². The Morgan fingerprint density at radius 2 is 1.52 bits per heavy atom. The van der Waals surface area contributed by atoms with Crippen LogP contribution in [0.25, 0.3) is 31.8 Å². The van der Waals surface area contributed by atoms with E-state index in [-0.39, 0.29) is 5.41 Å². The molecule has 2 aromatic carbocycles. The number of benzene rings is 2. The zero-order valence-electron chi connectivity index (χ0n) is 16.6. The summed E-state index contributed by atoms with van der Waals surface area (Å²) in [5, 5.41) is 1.26. The fourth-order valence-corrected chi connectivity index (χ4v) is 4.35. The average molecular weight is 372 g/mol. The van der Waals surface area contributed by atoms with Gasteiger partial charge in [0.05, 0.1) is 10.4 Å². The molecule has 0 fully saturated rings. The third-order valence-corrected chi connectivity index (χ3v) is 6.11. The number of hydrogen-bond donors (Lipinski definition) is 0. The second kappa shape index (κ2) is 6.61. The van der Waals surface area contributed by atoms with E-state index >= 15 is 0 Å². The largest absolute Gasteiger partial charge is 0.255 e. The molecule has 0 aliphatic heterocycles. The molecule has 2 aromatic heterocycles. The van der Waals surface area contributed by atoms with Gasteiger partial charge >= 0.3 is 0 Å². The van der Waals surface area contributed by atoms with Crippen LogP contribution in [-0.2, 0) is 5.41 Å². The fourth-order valence-electron chi connectivity index (χ4n) is 3.33. The van der Waals surface area contributed by atoms with Crippen molar-refractivity contribution in [3.05, 3.63) is 77.5 Å². The molecule has 0 bridgehead atoms. The maximum absolute atomic E-state index is 4.77. The Kier molecular flexibility index (Phi) is 4.39. The smallest absolute Gasteiger partial charge is 0.0709 e. The first-order valence-corrected chi connectivity index (χ1v) is 10.2. The summed E-state index contributed by atoms with van der Waals surface area (Å²) in [6.45, 7) is 11.1. The van der Waals surface area contributed by atoms with Crippen LogP contribution in [0, 0.1) is 13.8 Å². The molecule has 0 spiro atoms. The third kappa shape index (κ3) is 3.68. The van der Waals surface area contributed by atoms with E-state index < -0.39 is 0 Å². The first kappa shape index (κ1) is 17.9. The van der Waals surface area contributed by atoms with Crippen LogP contribution in [0.1, 0.15) is 37.5 Å². The Bertz CT molecular complexity index is 1110. The van der Waals surface area contributed by atoms with Crippen LogP contribution in [0.5, 0.6) is 0 Å². The van der Waals surface area contributed by atoms with Crippen LogP contribution < -0.4 is 0 Å². The Labute approximate surface area is 165 Å². The number of fused-ring (bicyclic) bond motifs is 1. The van der Waals surface area contributed by atoms with Gasteiger partial charge in [0.25, 0.3) is 0 Å². The SMILES string of the molecule is Cc1ccc(-c2cc3cc(-c4cc(C)cc(C(C)(C)C)c4)ncc3s2)cc1. The van der Waals surface area contributed by atoms with E-state index in [1.165, 1.54) is 42.8 Å². The Balaban J connectivity index is 1.78. The third-order valence-electron chi connectivity index (χ3n) is 4.98. The standard InChI is InChI=1S/C25H25NS/c1-16-6-8-18(9-7-16)23-14-20-13-22(26-15-24(20)27-23)19-10-17(2)11-21(12-19)25(3,4)5/h6-15H,1-5H3. The van der Waals surface area contributed by atoms with Gasteiger partial charge in [-0.3, -0.25) is 4.98 Å². The maximum Gasteiger partial charge on any atom is 0.0709 e. The minimum atomic E-state index is 0.131. The van der Waals surface area contributed by atoms with Crippen molar-refractivity contribution in [3.63, 3.8) is 0 Å². The zero-order chi connectivity index (χ0) is 19.2. The van der Waals surface area contributed by atoms with Crippen molar-refractivity contribution >= 4 is 21.4 Å². The monoisotopic (exact) mass is 371 g/mol. The van der Waals surface area contributed by atoms with Gasteiger partial charge in [-0.1, -0.05) is 62.2 Å². The fraction of sp³-hybridized carbons (Fsp3) is 0.240. The van der Waals surface area contributed by atoms with Crippen molar-refractivity contribution in [2.75, 3.05) is 0 Å². The highest BCUT2D eigenvalue weighted by molar-refractivity contribution is 7.22. The molecule has 4 rings (SSSR count). The molecule has 1 nitrogen and oxygen atoms in total. The van der Waals surface area contributed by atoms with Crippen LogP contribution in [0.15, 0.2) is 60.8 Å². The normalized spacial score (nSPS) is 11.9. The van der Waals surface area contributed by atoms with E-state index in [2.05, 4.69) is 89.2 Å². The predicted molar refractivity (Wildman–Crippen MR) is 119 cm³/mol. The van der Waals surface area contributed by atoms with Crippen LogP contribution >= 0.6 is 11.3 Å². The van der Waals surface area contributed by atoms with Gasteiger partial charge in [0.1, 0.15) is 0 Å². The molecule has 0 N–H and O–H groups in total. The van der Waals surface area contributed by atoms with E-state index in [9.17, 15) is 0 Å². The highest BCUT2D eigenvalue weighted by Crippen LogP contribution is 2.35. The first-order chi connectivity index (χ1) is 12.8. The predicted octanol–water partition coefficient (Wildman–Crippen LogP) is 7.54. The summed E-state index contributed by atoms with van der Waals surface area (Å²) >= 11 is 1.81. The molecule has 0 unspecified atom stereocenters. The van der Waals surface area contributed by atoms with Crippen molar-refractivity contribution in [2.24, 2.45) is 0 Å². The lowest BCUT2D eigenvalue weighted by Gasteiger charge is -2.20. The van der Waals surface area contributed by atoms with Gasteiger partial charge in [0, 0.05) is 16.6 Å². The molecule has 0 radical (unpaired) electrons. The number of pyridine rings is 1. The number of aromatic nitrogens is 1. The van der Waals surface area contributed by atoms with E-state index in [0.717, 1.165) is 5.69 Å². The molecule has 27 heavy (non-hydrogen) atoms. The summed E-state index contributed by atoms with van der Waals surface area (Å²) in [6, 6.07) is 20.1. The highest BCUT2D eigenvalue weighted by Gasteiger charge is 2.16. The molecule has 0 aliphatic rings. The Morgan fingerprint density at radius 1 is 0.778 bits per heavy atom. The molecule has 2 heterocycles. The van der Waals surface area contributed by atoms with Crippen LogP contribution in [-0.4, -0.2) is 4.98 Å². The van der Waals surface area contributed by atoms with Crippen LogP contribution in [0.3, 0.4) is 0 Å². The lowest BCUT2D eigenvalue weighted by atomic mass is 9.85. The lowest BCUT2D eigenvalue weighted by molar-refractivity contribution is 0.590. The second-order valence-electron chi connectivity index (χ2n) is 8.42. The Hall–Kier alpha value is -2.45. The minimum Gasteiger partial charge on any atom is -0.255 e. The topological polar surface area (TPSA) is 12.9 Å². The van der Waals surface area contributed by atoms with Crippen molar-refractivity contribution in [2.45, 2.75) is 40.0 Å². The summed E-state index contributed by atoms with van der Waals surface area (Å²) in [5.41, 5.74) is 7.57. The number of aryl methyl sites for hydroxylation is 2. The second-order valence-corrected chi connectivity index (χ2v) is 9.51. The molecule has 136 valence electrons. The van der Waals surface area contributed by atoms with Gasteiger partial charge < -0.3 is 0 Å². The quantitative estimate of drug-likeness (QED) is 0.354. The summed E-state index contributed by atoms with van der Waals surface area (Å²) < 4.78 is 1.23. The van der Waals surface area contributed by atoms with Crippen molar-refractivity contribution in [1.82, 2.24) is 4.98 Å². The van der Waals surface area contributed by atoms with E-state index in [1.807, 2.05) is 17.5 Å². The van der Waals surface area contributed by atoms with E-state index in [0.29, 0.717) is 0 Å². The number of hydrogen-bond acceptors (Lipinski definition) is 2. The Morgan fingerprint density at radius 3 is 2.22 bits per heavy atom. The van der Waals surface area contributed by atoms with Gasteiger partial charge in [0.2, 0.25) is 0 Å². The van der Waals surface area contributed by atoms with E-state index in [1.54, 1.807) is 0 Å². The zero-order valence-corrected chi connectivity index (χ0v) is 17.4. The molecule has 4 aromatic rings. The first-order valence-electron chi connectivity index (χ1n) is 9.39. The van der Waals surface area contributed by atoms with Crippen molar-refractivity contribution < 1.29 is 0 Å². The van der Waals surface area contributed by atoms with Crippen molar-refractivity contribution in [3.8, 4) is 21.7 Å². The minimum absolute atomic E-state index is 0.131. The summed E-state index contributed by atoms with van der Waals surface area (Å²) in [6.07, 6.45) is 2.02. The van der Waals surface area contributed by atoms with Crippen molar-refractivity contribution in [1.29, 1.82) is 0 Å². The molecule has 0 saturated heterocycles. The van der Waals surface area contributed by atoms with Gasteiger partial charge in [-0.15, -0.1) is 11.3 Å². The van der Waals surface area contributed by atoms with Gasteiger partial charge in [-0.25, -0.2) is 0 Å². The molecular weight excluding hydrogens is 346 g/mol. The molecule has 0 saturated carbocycles. The highest BCUT2D eigenvalue weighted by atomic mass is 32.1. The average Bonchev–Trinajstić information content (AvgIpc) is 3.04. The summed E-state index contributed by atoms with van der Waals surface area (Å²) in [4.78, 5) is 6.07. The lowest BCUT2D eigenvalue weighted by Crippen LogP contribution is -2.11. The number of thiophene rings is 1. The van der Waals surface area contributed by atoms with Gasteiger partial charge in [0.15, 0.2) is 0 Å². The molecule has 0 atom stereocenters. The maximum atomic E-state index is 4.77. The molecule has 0 aliphatic carbocycles. The van der Waals surface area contributed by atoms with Gasteiger partial charge in [-0.2, -0.15) is 0 Å². The number of nitrogens with zero attached hydrogens (tertiary/aromatic N) is 1. The summed E-state index contributed by atoms with van der Waals surface area (Å²) in [5.74, 6) is 0. The van der Waals surface area contributed by atoms with E-state index in [4.69, 9.17) is 4.98 Å². The van der Waals surface area contributed by atoms with Crippen LogP contribution in [0.4, 0.5) is 0 Å². The molecule has 0 amide bonds. The van der Waals surface area contributed by atoms with Crippen LogP contribution in [0.2, 0.25) is 0 Å². The number of rotatable bonds is 2. The summed E-state index contributed by atoms with van der Waals surface area (Å²) in [7, 11) is 0. The molecular formula is C25H25NS. The molecule has 2 heteroatoms.